The third-order valence-corrected chi connectivity index (χ3v) is 15.2. The van der Waals surface area contributed by atoms with E-state index in [1.165, 1.54) is 77.6 Å². The minimum atomic E-state index is -0.264. The number of benzene rings is 11. The van der Waals surface area contributed by atoms with Crippen molar-refractivity contribution in [3.8, 4) is 61.3 Å². The van der Waals surface area contributed by atoms with Crippen molar-refractivity contribution in [2.24, 2.45) is 0 Å². The van der Waals surface area contributed by atoms with Crippen LogP contribution in [0, 0.1) is 0 Å². The van der Waals surface area contributed by atoms with Gasteiger partial charge in [0.15, 0.2) is 0 Å². The van der Waals surface area contributed by atoms with Gasteiger partial charge in [0.2, 0.25) is 0 Å². The summed E-state index contributed by atoms with van der Waals surface area (Å²) in [6.07, 6.45) is 0. The third kappa shape index (κ3) is 6.73. The molecule has 0 saturated heterocycles. The van der Waals surface area contributed by atoms with Crippen LogP contribution < -0.4 is 4.90 Å². The van der Waals surface area contributed by atoms with Gasteiger partial charge in [-0.1, -0.05) is 184 Å². The highest BCUT2D eigenvalue weighted by molar-refractivity contribution is 6.10. The fraction of sp³-hybridized carbons (Fsp3) is 0.0435. The molecule has 3 heteroatoms. The molecule has 3 nitrogen and oxygen atoms in total. The minimum absolute atomic E-state index is 0.264. The average molecular weight is 921 g/mol. The molecule has 0 spiro atoms. The first-order valence-electron chi connectivity index (χ1n) is 24.9. The standard InChI is InChI=1S/C69H48N2O/c1-69(2)63-43-54(36-38-57(63)58-39-37-55(44-64(58)69)71-65-25-12-9-20-59(65)60-21-10-13-26-66(60)71)70(53-34-30-48(31-35-53)56-23-15-24-62-61-22-11-14-27-67(61)72-68(56)62)52-32-28-47(29-33-52)51-41-49(45-16-5-3-6-17-45)40-50(42-51)46-18-7-4-8-19-46/h3-44H,1-2H3. The highest BCUT2D eigenvalue weighted by atomic mass is 16.3. The molecule has 340 valence electrons. The van der Waals surface area contributed by atoms with E-state index in [1.54, 1.807) is 0 Å². The molecule has 72 heavy (non-hydrogen) atoms. The Bertz CT molecular complexity index is 4110. The lowest BCUT2D eigenvalue weighted by molar-refractivity contribution is 0.660. The van der Waals surface area contributed by atoms with Crippen molar-refractivity contribution in [1.29, 1.82) is 0 Å². The largest absolute Gasteiger partial charge is 0.455 e. The number of furan rings is 1. The van der Waals surface area contributed by atoms with E-state index >= 15 is 0 Å². The van der Waals surface area contributed by atoms with Crippen molar-refractivity contribution in [1.82, 2.24) is 4.57 Å². The van der Waals surface area contributed by atoms with Gasteiger partial charge < -0.3 is 13.9 Å². The molecule has 0 unspecified atom stereocenters. The molecule has 1 aliphatic rings. The summed E-state index contributed by atoms with van der Waals surface area (Å²) in [7, 11) is 0. The summed E-state index contributed by atoms with van der Waals surface area (Å²) in [5, 5.41) is 4.80. The summed E-state index contributed by atoms with van der Waals surface area (Å²) in [6, 6.07) is 92.9. The maximum Gasteiger partial charge on any atom is 0.143 e. The highest BCUT2D eigenvalue weighted by Crippen LogP contribution is 2.52. The van der Waals surface area contributed by atoms with Crippen molar-refractivity contribution in [3.05, 3.63) is 266 Å². The fourth-order valence-electron chi connectivity index (χ4n) is 11.6. The van der Waals surface area contributed by atoms with E-state index in [9.17, 15) is 0 Å². The Morgan fingerprint density at radius 1 is 0.333 bits per heavy atom. The molecule has 2 heterocycles. The SMILES string of the molecule is CC1(C)c2cc(N(c3ccc(-c4cc(-c5ccccc5)cc(-c5ccccc5)c4)cc3)c3ccc(-c4cccc5c4oc4ccccc45)cc3)ccc2-c2ccc(-n3c4ccccc4c4ccccc43)cc21. The molecular weight excluding hydrogens is 873 g/mol. The van der Waals surface area contributed by atoms with Gasteiger partial charge in [-0.15, -0.1) is 0 Å². The summed E-state index contributed by atoms with van der Waals surface area (Å²) in [4.78, 5) is 2.41. The monoisotopic (exact) mass is 920 g/mol. The van der Waals surface area contributed by atoms with Crippen LogP contribution in [-0.4, -0.2) is 4.57 Å². The van der Waals surface area contributed by atoms with E-state index in [2.05, 4.69) is 272 Å². The van der Waals surface area contributed by atoms with Crippen molar-refractivity contribution in [2.75, 3.05) is 4.90 Å². The fourth-order valence-corrected chi connectivity index (χ4v) is 11.6. The molecular formula is C69H48N2O. The third-order valence-electron chi connectivity index (χ3n) is 15.2. The molecule has 0 saturated carbocycles. The molecule has 2 aromatic heterocycles. The summed E-state index contributed by atoms with van der Waals surface area (Å²) in [6.45, 7) is 4.77. The first-order chi connectivity index (χ1) is 35.4. The Balaban J connectivity index is 0.882. The first-order valence-corrected chi connectivity index (χ1v) is 24.9. The Labute approximate surface area is 419 Å². The summed E-state index contributed by atoms with van der Waals surface area (Å²) < 4.78 is 8.94. The minimum Gasteiger partial charge on any atom is -0.455 e. The zero-order valence-electron chi connectivity index (χ0n) is 40.1. The van der Waals surface area contributed by atoms with Gasteiger partial charge in [0.05, 0.1) is 11.0 Å². The zero-order valence-corrected chi connectivity index (χ0v) is 40.1. The lowest BCUT2D eigenvalue weighted by atomic mass is 9.82. The van der Waals surface area contributed by atoms with Crippen LogP contribution in [0.25, 0.3) is 105 Å². The number of rotatable bonds is 8. The molecule has 11 aromatic carbocycles. The first kappa shape index (κ1) is 41.8. The molecule has 0 bridgehead atoms. The van der Waals surface area contributed by atoms with Gasteiger partial charge in [-0.25, -0.2) is 0 Å². The topological polar surface area (TPSA) is 21.3 Å². The Morgan fingerprint density at radius 2 is 0.806 bits per heavy atom. The van der Waals surface area contributed by atoms with Crippen LogP contribution in [0.2, 0.25) is 0 Å². The van der Waals surface area contributed by atoms with Crippen LogP contribution in [0.5, 0.6) is 0 Å². The highest BCUT2D eigenvalue weighted by Gasteiger charge is 2.37. The van der Waals surface area contributed by atoms with E-state index in [4.69, 9.17) is 4.42 Å². The summed E-state index contributed by atoms with van der Waals surface area (Å²) in [5.74, 6) is 0. The molecule has 0 N–H and O–H groups in total. The van der Waals surface area contributed by atoms with Gasteiger partial charge in [0.25, 0.3) is 0 Å². The molecule has 0 amide bonds. The van der Waals surface area contributed by atoms with E-state index in [1.807, 2.05) is 6.07 Å². The molecule has 0 radical (unpaired) electrons. The van der Waals surface area contributed by atoms with E-state index in [-0.39, 0.29) is 5.41 Å². The van der Waals surface area contributed by atoms with Gasteiger partial charge in [-0.05, 0) is 146 Å². The number of nitrogens with zero attached hydrogens (tertiary/aromatic N) is 2. The zero-order chi connectivity index (χ0) is 47.9. The molecule has 0 aliphatic heterocycles. The van der Waals surface area contributed by atoms with Gasteiger partial charge in [0.1, 0.15) is 11.2 Å². The smallest absolute Gasteiger partial charge is 0.143 e. The lowest BCUT2D eigenvalue weighted by Crippen LogP contribution is -2.17. The van der Waals surface area contributed by atoms with Crippen LogP contribution in [0.1, 0.15) is 25.0 Å². The number of para-hydroxylation sites is 4. The number of aromatic nitrogens is 1. The number of anilines is 3. The van der Waals surface area contributed by atoms with Crippen molar-refractivity contribution < 1.29 is 4.42 Å². The van der Waals surface area contributed by atoms with E-state index < -0.39 is 0 Å². The summed E-state index contributed by atoms with van der Waals surface area (Å²) in [5.41, 5.74) is 23.0. The number of hydrogen-bond acceptors (Lipinski definition) is 2. The van der Waals surface area contributed by atoms with Gasteiger partial charge in [-0.3, -0.25) is 0 Å². The Kier molecular flexibility index (Phi) is 9.56. The van der Waals surface area contributed by atoms with Gasteiger partial charge >= 0.3 is 0 Å². The van der Waals surface area contributed by atoms with Crippen molar-refractivity contribution >= 4 is 60.8 Å². The molecule has 1 aliphatic carbocycles. The second kappa shape index (κ2) is 16.5. The molecule has 13 aromatic rings. The van der Waals surface area contributed by atoms with Crippen LogP contribution in [0.3, 0.4) is 0 Å². The van der Waals surface area contributed by atoms with Gasteiger partial charge in [-0.2, -0.15) is 0 Å². The predicted octanol–water partition coefficient (Wildman–Crippen LogP) is 19.1. The van der Waals surface area contributed by atoms with Crippen molar-refractivity contribution in [3.63, 3.8) is 0 Å². The molecule has 14 rings (SSSR count). The number of fused-ring (bicyclic) bond motifs is 9. The number of hydrogen-bond donors (Lipinski definition) is 0. The Morgan fingerprint density at radius 3 is 1.42 bits per heavy atom. The predicted molar refractivity (Wildman–Crippen MR) is 302 cm³/mol. The summed E-state index contributed by atoms with van der Waals surface area (Å²) >= 11 is 0. The molecule has 0 atom stereocenters. The maximum atomic E-state index is 6.51. The normalized spacial score (nSPS) is 12.7. The average Bonchev–Trinajstić information content (AvgIpc) is 4.07. The second-order valence-electron chi connectivity index (χ2n) is 19.7. The van der Waals surface area contributed by atoms with Gasteiger partial charge in [0, 0.05) is 55.3 Å². The second-order valence-corrected chi connectivity index (χ2v) is 19.7. The van der Waals surface area contributed by atoms with Crippen LogP contribution >= 0.6 is 0 Å². The van der Waals surface area contributed by atoms with E-state index in [0.29, 0.717) is 0 Å². The lowest BCUT2D eigenvalue weighted by Gasteiger charge is -2.28. The van der Waals surface area contributed by atoms with Crippen molar-refractivity contribution in [2.45, 2.75) is 19.3 Å². The maximum absolute atomic E-state index is 6.51. The van der Waals surface area contributed by atoms with E-state index in [0.717, 1.165) is 55.7 Å². The Hall–Kier alpha value is -9.18. The van der Waals surface area contributed by atoms with Crippen LogP contribution in [-0.2, 0) is 5.41 Å². The quantitative estimate of drug-likeness (QED) is 0.151. The molecule has 0 fully saturated rings. The van der Waals surface area contributed by atoms with Crippen LogP contribution in [0.4, 0.5) is 17.1 Å². The van der Waals surface area contributed by atoms with Crippen LogP contribution in [0.15, 0.2) is 259 Å².